The van der Waals surface area contributed by atoms with Gasteiger partial charge in [-0.25, -0.2) is 0 Å². The second-order valence-corrected chi connectivity index (χ2v) is 4.05. The van der Waals surface area contributed by atoms with Gasteiger partial charge in [0.25, 0.3) is 0 Å². The maximum absolute atomic E-state index is 9.32. The van der Waals surface area contributed by atoms with Crippen LogP contribution in [0.15, 0.2) is 0 Å². The second kappa shape index (κ2) is 3.54. The van der Waals surface area contributed by atoms with E-state index >= 15 is 0 Å². The molecular weight excluding hydrogens is 172 g/mol. The molecule has 0 bridgehead atoms. The Kier molecular flexibility index (Phi) is 2.60. The predicted molar refractivity (Wildman–Crippen MR) is 51.4 cm³/mol. The summed E-state index contributed by atoms with van der Waals surface area (Å²) in [6, 6.07) is 0.689. The Bertz CT molecular complexity index is 161. The molecule has 1 unspecified atom stereocenters. The lowest BCUT2D eigenvalue weighted by Crippen LogP contribution is -2.58. The van der Waals surface area contributed by atoms with Crippen molar-refractivity contribution < 1.29 is 5.11 Å². The van der Waals surface area contributed by atoms with Crippen LogP contribution in [0.3, 0.4) is 0 Å². The molecule has 2 saturated heterocycles. The molecule has 2 rings (SSSR count). The second-order valence-electron chi connectivity index (χ2n) is 3.77. The molecule has 2 fully saturated rings. The lowest BCUT2D eigenvalue weighted by atomic mass is 10.1. The van der Waals surface area contributed by atoms with Gasteiger partial charge < -0.3 is 5.11 Å². The number of rotatable bonds is 2. The number of β-amino-alcohol motifs (C(OH)–C–C–N with tert-alkyl or cyclic N) is 1. The molecule has 2 aliphatic heterocycles. The van der Waals surface area contributed by atoms with Crippen molar-refractivity contribution in [3.05, 3.63) is 0 Å². The number of nitrogens with zero attached hydrogens (tertiary/aromatic N) is 2. The Balaban J connectivity index is 1.74. The molecule has 1 N–H and O–H groups in total. The van der Waals surface area contributed by atoms with E-state index in [1.807, 2.05) is 0 Å². The number of aliphatic hydroxyl groups is 1. The molecule has 2 heterocycles. The van der Waals surface area contributed by atoms with Gasteiger partial charge in [0.2, 0.25) is 0 Å². The maximum Gasteiger partial charge on any atom is 0.0679 e. The van der Waals surface area contributed by atoms with Crippen molar-refractivity contribution in [1.29, 1.82) is 0 Å². The monoisotopic (exact) mass is 188 g/mol. The first-order valence-electron chi connectivity index (χ1n) is 4.55. The Hall–Kier alpha value is 0.230. The smallest absolute Gasteiger partial charge is 0.0679 e. The van der Waals surface area contributed by atoms with E-state index < -0.39 is 0 Å². The fourth-order valence-corrected chi connectivity index (χ4v) is 2.22. The highest BCUT2D eigenvalue weighted by atomic mass is 32.1. The van der Waals surface area contributed by atoms with E-state index in [9.17, 15) is 5.11 Å². The lowest BCUT2D eigenvalue weighted by Gasteiger charge is -2.43. The van der Waals surface area contributed by atoms with Gasteiger partial charge in [0.05, 0.1) is 6.10 Å². The molecule has 2 aliphatic rings. The van der Waals surface area contributed by atoms with Gasteiger partial charge in [-0.2, -0.15) is 12.6 Å². The van der Waals surface area contributed by atoms with E-state index in [1.54, 1.807) is 0 Å². The summed E-state index contributed by atoms with van der Waals surface area (Å²) < 4.78 is 0. The van der Waals surface area contributed by atoms with Crippen LogP contribution in [0.2, 0.25) is 0 Å². The Morgan fingerprint density at radius 2 is 2.08 bits per heavy atom. The van der Waals surface area contributed by atoms with Crippen molar-refractivity contribution in [3.8, 4) is 0 Å². The van der Waals surface area contributed by atoms with Gasteiger partial charge in [0.1, 0.15) is 0 Å². The summed E-state index contributed by atoms with van der Waals surface area (Å²) in [5, 5.41) is 9.32. The molecule has 1 atom stereocenters. The minimum absolute atomic E-state index is 0.0740. The fraction of sp³-hybridized carbons (Fsp3) is 1.00. The number of hydrogen-bond donors (Lipinski definition) is 2. The highest BCUT2D eigenvalue weighted by Crippen LogP contribution is 2.20. The molecule has 0 radical (unpaired) electrons. The molecule has 0 aromatic heterocycles. The molecule has 0 saturated carbocycles. The van der Waals surface area contributed by atoms with E-state index in [4.69, 9.17) is 0 Å². The normalized spacial score (nSPS) is 34.0. The SMILES string of the molecule is OC1CCN(C2CN(CS)C2)C1. The number of hydrogen-bond acceptors (Lipinski definition) is 4. The minimum atomic E-state index is -0.0740. The molecule has 0 spiro atoms. The summed E-state index contributed by atoms with van der Waals surface area (Å²) in [4.78, 5) is 4.70. The van der Waals surface area contributed by atoms with E-state index in [2.05, 4.69) is 22.4 Å². The third kappa shape index (κ3) is 1.62. The molecular formula is C8H16N2OS. The highest BCUT2D eigenvalue weighted by Gasteiger charge is 2.34. The summed E-state index contributed by atoms with van der Waals surface area (Å²) in [7, 11) is 0. The molecule has 0 aromatic rings. The van der Waals surface area contributed by atoms with Crippen LogP contribution >= 0.6 is 12.6 Å². The first-order chi connectivity index (χ1) is 5.79. The van der Waals surface area contributed by atoms with Crippen molar-refractivity contribution in [1.82, 2.24) is 9.80 Å². The van der Waals surface area contributed by atoms with Gasteiger partial charge in [-0.1, -0.05) is 0 Å². The van der Waals surface area contributed by atoms with E-state index in [-0.39, 0.29) is 6.10 Å². The average molecular weight is 188 g/mol. The third-order valence-corrected chi connectivity index (χ3v) is 3.25. The Labute approximate surface area is 78.8 Å². The quantitative estimate of drug-likeness (QED) is 0.579. The van der Waals surface area contributed by atoms with Gasteiger partial charge in [-0.15, -0.1) is 0 Å². The Morgan fingerprint density at radius 3 is 2.58 bits per heavy atom. The largest absolute Gasteiger partial charge is 0.392 e. The highest BCUT2D eigenvalue weighted by molar-refractivity contribution is 7.80. The molecule has 4 heteroatoms. The van der Waals surface area contributed by atoms with Crippen molar-refractivity contribution in [2.24, 2.45) is 0 Å². The fourth-order valence-electron chi connectivity index (χ4n) is 1.99. The third-order valence-electron chi connectivity index (χ3n) is 2.85. The van der Waals surface area contributed by atoms with Crippen molar-refractivity contribution in [2.75, 3.05) is 32.1 Å². The molecule has 0 aliphatic carbocycles. The van der Waals surface area contributed by atoms with Gasteiger partial charge in [0.15, 0.2) is 0 Å². The summed E-state index contributed by atoms with van der Waals surface area (Å²) in [6.07, 6.45) is 0.882. The molecule has 70 valence electrons. The molecule has 0 aromatic carbocycles. The van der Waals surface area contributed by atoms with Crippen LogP contribution in [0.4, 0.5) is 0 Å². The van der Waals surface area contributed by atoms with E-state index in [0.29, 0.717) is 6.04 Å². The van der Waals surface area contributed by atoms with Crippen LogP contribution in [-0.4, -0.2) is 59.1 Å². The van der Waals surface area contributed by atoms with Crippen LogP contribution < -0.4 is 0 Å². The predicted octanol–water partition coefficient (Wildman–Crippen LogP) is -0.376. The zero-order chi connectivity index (χ0) is 8.55. The van der Waals surface area contributed by atoms with Gasteiger partial charge in [-0.05, 0) is 6.42 Å². The van der Waals surface area contributed by atoms with Gasteiger partial charge in [-0.3, -0.25) is 9.80 Å². The van der Waals surface area contributed by atoms with E-state index in [1.165, 1.54) is 0 Å². The van der Waals surface area contributed by atoms with Crippen molar-refractivity contribution in [3.63, 3.8) is 0 Å². The number of thiol groups is 1. The summed E-state index contributed by atoms with van der Waals surface area (Å²) in [5.41, 5.74) is 0. The van der Waals surface area contributed by atoms with Crippen LogP contribution in [-0.2, 0) is 0 Å². The molecule has 3 nitrogen and oxygen atoms in total. The number of aliphatic hydroxyl groups excluding tert-OH is 1. The molecule has 0 amide bonds. The van der Waals surface area contributed by atoms with Crippen LogP contribution in [0, 0.1) is 0 Å². The van der Waals surface area contributed by atoms with Gasteiger partial charge >= 0.3 is 0 Å². The lowest BCUT2D eigenvalue weighted by molar-refractivity contribution is 0.0544. The topological polar surface area (TPSA) is 26.7 Å². The summed E-state index contributed by atoms with van der Waals surface area (Å²) in [6.45, 7) is 4.23. The first-order valence-corrected chi connectivity index (χ1v) is 5.18. The van der Waals surface area contributed by atoms with E-state index in [0.717, 1.165) is 38.5 Å². The van der Waals surface area contributed by atoms with Crippen LogP contribution in [0.1, 0.15) is 6.42 Å². The Morgan fingerprint density at radius 1 is 1.33 bits per heavy atom. The van der Waals surface area contributed by atoms with Crippen LogP contribution in [0.5, 0.6) is 0 Å². The summed E-state index contributed by atoms with van der Waals surface area (Å²) >= 11 is 4.21. The average Bonchev–Trinajstić information content (AvgIpc) is 2.34. The first kappa shape index (κ1) is 8.81. The van der Waals surface area contributed by atoms with Crippen molar-refractivity contribution in [2.45, 2.75) is 18.6 Å². The standard InChI is InChI=1S/C8H16N2OS/c11-8-1-2-10(5-8)7-3-9(4-7)6-12/h7-8,11-12H,1-6H2. The maximum atomic E-state index is 9.32. The minimum Gasteiger partial charge on any atom is -0.392 e. The summed E-state index contributed by atoms with van der Waals surface area (Å²) in [5.74, 6) is 0.868. The molecule has 12 heavy (non-hydrogen) atoms. The van der Waals surface area contributed by atoms with Crippen LogP contribution in [0.25, 0.3) is 0 Å². The van der Waals surface area contributed by atoms with Crippen molar-refractivity contribution >= 4 is 12.6 Å². The number of likely N-dealkylation sites (tertiary alicyclic amines) is 2. The zero-order valence-corrected chi connectivity index (χ0v) is 8.08. The zero-order valence-electron chi connectivity index (χ0n) is 7.19. The van der Waals surface area contributed by atoms with Gasteiger partial charge in [0, 0.05) is 38.1 Å².